The zero-order valence-corrected chi connectivity index (χ0v) is 30.3. The summed E-state index contributed by atoms with van der Waals surface area (Å²) in [6.45, 7) is 0. The molecule has 0 unspecified atom stereocenters. The van der Waals surface area contributed by atoms with Crippen LogP contribution >= 0.6 is 0 Å². The third-order valence-corrected chi connectivity index (χ3v) is 13.0. The molecule has 9 aromatic rings. The predicted molar refractivity (Wildman–Crippen MR) is 226 cm³/mol. The highest BCUT2D eigenvalue weighted by Gasteiger charge is 2.27. The molecular formula is C52H44O. The van der Waals surface area contributed by atoms with Crippen molar-refractivity contribution in [1.29, 1.82) is 0 Å². The van der Waals surface area contributed by atoms with Gasteiger partial charge in [-0.15, -0.1) is 0 Å². The van der Waals surface area contributed by atoms with E-state index < -0.39 is 0 Å². The van der Waals surface area contributed by atoms with Crippen LogP contribution in [0.1, 0.15) is 87.2 Å². The van der Waals surface area contributed by atoms with Crippen molar-refractivity contribution in [2.45, 2.75) is 76.0 Å². The van der Waals surface area contributed by atoms with Gasteiger partial charge in [0.05, 0.1) is 0 Å². The quantitative estimate of drug-likeness (QED) is 0.168. The molecule has 0 atom stereocenters. The van der Waals surface area contributed by atoms with Crippen molar-refractivity contribution in [2.75, 3.05) is 0 Å². The van der Waals surface area contributed by atoms with Crippen molar-refractivity contribution in [3.8, 4) is 22.3 Å². The van der Waals surface area contributed by atoms with E-state index >= 15 is 0 Å². The first kappa shape index (κ1) is 31.2. The highest BCUT2D eigenvalue weighted by Crippen LogP contribution is 2.51. The Morgan fingerprint density at radius 3 is 1.19 bits per heavy atom. The fourth-order valence-electron chi connectivity index (χ4n) is 10.8. The van der Waals surface area contributed by atoms with Gasteiger partial charge in [-0.1, -0.05) is 166 Å². The number of furan rings is 1. The van der Waals surface area contributed by atoms with Gasteiger partial charge in [-0.2, -0.15) is 0 Å². The van der Waals surface area contributed by atoms with Crippen LogP contribution < -0.4 is 0 Å². The lowest BCUT2D eigenvalue weighted by Gasteiger charge is -2.27. The summed E-state index contributed by atoms with van der Waals surface area (Å²) in [7, 11) is 0. The molecule has 1 aromatic heterocycles. The Balaban J connectivity index is 1.20. The number of hydrogen-bond acceptors (Lipinski definition) is 1. The zero-order valence-electron chi connectivity index (χ0n) is 30.3. The molecule has 0 saturated heterocycles. The fraction of sp³-hybridized carbons (Fsp3) is 0.231. The van der Waals surface area contributed by atoms with E-state index in [-0.39, 0.29) is 0 Å². The number of para-hydroxylation sites is 1. The Bertz CT molecular complexity index is 2740. The van der Waals surface area contributed by atoms with Gasteiger partial charge in [0.1, 0.15) is 11.2 Å². The van der Waals surface area contributed by atoms with Crippen LogP contribution in [0.2, 0.25) is 0 Å². The standard InChI is InChI=1S/C52H44O/c1-3-17-33(18-4-1)47-35-21-7-11-25-39(35)49(40-26-12-8-22-36(40)47)43-29-16-32-46-51(43)45-31-15-30-44(52(45)53-46)50-41-27-13-9-23-37(41)48(34-19-5-2-6-20-34)38-24-10-14-28-42(38)50/h7-16,21-34H,1-6,17-20H2. The van der Waals surface area contributed by atoms with E-state index in [4.69, 9.17) is 4.42 Å². The molecule has 1 nitrogen and oxygen atoms in total. The van der Waals surface area contributed by atoms with Crippen molar-refractivity contribution in [2.24, 2.45) is 0 Å². The van der Waals surface area contributed by atoms with Crippen molar-refractivity contribution in [3.63, 3.8) is 0 Å². The van der Waals surface area contributed by atoms with Gasteiger partial charge in [-0.25, -0.2) is 0 Å². The largest absolute Gasteiger partial charge is 0.455 e. The Labute approximate surface area is 311 Å². The second-order valence-corrected chi connectivity index (χ2v) is 15.9. The van der Waals surface area contributed by atoms with Crippen LogP contribution in [-0.2, 0) is 0 Å². The van der Waals surface area contributed by atoms with E-state index in [0.29, 0.717) is 11.8 Å². The minimum Gasteiger partial charge on any atom is -0.455 e. The Morgan fingerprint density at radius 2 is 0.717 bits per heavy atom. The molecule has 258 valence electrons. The first-order valence-electron chi connectivity index (χ1n) is 20.2. The summed E-state index contributed by atoms with van der Waals surface area (Å²) in [5, 5.41) is 13.4. The minimum atomic E-state index is 0.603. The molecule has 1 heterocycles. The van der Waals surface area contributed by atoms with Crippen molar-refractivity contribution >= 4 is 65.0 Å². The number of hydrogen-bond donors (Lipinski definition) is 0. The van der Waals surface area contributed by atoms with Crippen LogP contribution in [0.3, 0.4) is 0 Å². The average molecular weight is 685 g/mol. The molecule has 0 N–H and O–H groups in total. The Morgan fingerprint density at radius 1 is 0.340 bits per heavy atom. The maximum atomic E-state index is 7.09. The van der Waals surface area contributed by atoms with Gasteiger partial charge >= 0.3 is 0 Å². The molecule has 2 aliphatic rings. The summed E-state index contributed by atoms with van der Waals surface area (Å²) in [5.41, 5.74) is 10.1. The van der Waals surface area contributed by atoms with Crippen molar-refractivity contribution in [1.82, 2.24) is 0 Å². The van der Waals surface area contributed by atoms with E-state index in [1.165, 1.54) is 140 Å². The topological polar surface area (TPSA) is 13.1 Å². The zero-order chi connectivity index (χ0) is 34.9. The molecule has 2 aliphatic carbocycles. The molecular weight excluding hydrogens is 641 g/mol. The third kappa shape index (κ3) is 4.83. The SMILES string of the molecule is c1cc(-c2c3ccccc3c(C3CCCCC3)c3ccccc23)c2c(c1)oc1c(-c3c4ccccc4c(C4CCCCC4)c4ccccc34)cccc12. The molecule has 0 radical (unpaired) electrons. The molecule has 0 bridgehead atoms. The van der Waals surface area contributed by atoms with Crippen LogP contribution in [0.5, 0.6) is 0 Å². The van der Waals surface area contributed by atoms with Crippen molar-refractivity contribution < 1.29 is 4.42 Å². The van der Waals surface area contributed by atoms with Crippen LogP contribution in [0.4, 0.5) is 0 Å². The maximum absolute atomic E-state index is 7.09. The van der Waals surface area contributed by atoms with E-state index in [1.807, 2.05) is 0 Å². The molecule has 8 aromatic carbocycles. The van der Waals surface area contributed by atoms with E-state index in [1.54, 1.807) is 11.1 Å². The number of fused-ring (bicyclic) bond motifs is 7. The molecule has 11 rings (SSSR count). The molecule has 53 heavy (non-hydrogen) atoms. The number of rotatable bonds is 4. The van der Waals surface area contributed by atoms with Crippen LogP contribution in [0.25, 0.3) is 87.3 Å². The first-order valence-corrected chi connectivity index (χ1v) is 20.2. The lowest BCUT2D eigenvalue weighted by Crippen LogP contribution is -2.06. The Kier molecular flexibility index (Phi) is 7.42. The fourth-order valence-corrected chi connectivity index (χ4v) is 10.8. The van der Waals surface area contributed by atoms with Crippen LogP contribution in [0.15, 0.2) is 138 Å². The average Bonchev–Trinajstić information content (AvgIpc) is 3.62. The molecule has 0 amide bonds. The minimum absolute atomic E-state index is 0.603. The van der Waals surface area contributed by atoms with E-state index in [0.717, 1.165) is 11.2 Å². The third-order valence-electron chi connectivity index (χ3n) is 13.0. The summed E-state index contributed by atoms with van der Waals surface area (Å²) >= 11 is 0. The highest BCUT2D eigenvalue weighted by molar-refractivity contribution is 6.25. The van der Waals surface area contributed by atoms with E-state index in [2.05, 4.69) is 133 Å². The monoisotopic (exact) mass is 684 g/mol. The Hall–Kier alpha value is -5.40. The lowest BCUT2D eigenvalue weighted by molar-refractivity contribution is 0.447. The summed E-state index contributed by atoms with van der Waals surface area (Å²) in [5.74, 6) is 1.21. The molecule has 0 aliphatic heterocycles. The summed E-state index contributed by atoms with van der Waals surface area (Å²) in [4.78, 5) is 0. The first-order chi connectivity index (χ1) is 26.3. The summed E-state index contributed by atoms with van der Waals surface area (Å²) in [6.07, 6.45) is 13.1. The second kappa shape index (κ2) is 12.6. The highest BCUT2D eigenvalue weighted by atomic mass is 16.3. The van der Waals surface area contributed by atoms with Crippen molar-refractivity contribution in [3.05, 3.63) is 145 Å². The van der Waals surface area contributed by atoms with E-state index in [9.17, 15) is 0 Å². The van der Waals surface area contributed by atoms with Crippen LogP contribution in [-0.4, -0.2) is 0 Å². The molecule has 2 saturated carbocycles. The van der Waals surface area contributed by atoms with Crippen LogP contribution in [0, 0.1) is 0 Å². The van der Waals surface area contributed by atoms with Gasteiger partial charge in [0.15, 0.2) is 0 Å². The maximum Gasteiger partial charge on any atom is 0.143 e. The summed E-state index contributed by atoms with van der Waals surface area (Å²) in [6, 6.07) is 50.3. The molecule has 1 heteroatoms. The van der Waals surface area contributed by atoms with Gasteiger partial charge in [-0.3, -0.25) is 0 Å². The summed E-state index contributed by atoms with van der Waals surface area (Å²) < 4.78 is 7.09. The van der Waals surface area contributed by atoms with Gasteiger partial charge in [0, 0.05) is 21.9 Å². The predicted octanol–water partition coefficient (Wildman–Crippen LogP) is 15.6. The number of benzene rings is 8. The molecule has 0 spiro atoms. The second-order valence-electron chi connectivity index (χ2n) is 15.9. The smallest absolute Gasteiger partial charge is 0.143 e. The van der Waals surface area contributed by atoms with Gasteiger partial charge < -0.3 is 4.42 Å². The van der Waals surface area contributed by atoms with Gasteiger partial charge in [-0.05, 0) is 109 Å². The molecule has 2 fully saturated rings. The van der Waals surface area contributed by atoms with Gasteiger partial charge in [0.25, 0.3) is 0 Å². The normalized spacial score (nSPS) is 16.2. The van der Waals surface area contributed by atoms with Gasteiger partial charge in [0.2, 0.25) is 0 Å². The lowest BCUT2D eigenvalue weighted by atomic mass is 9.77.